The van der Waals surface area contributed by atoms with Crippen LogP contribution in [0, 0.1) is 11.8 Å². The van der Waals surface area contributed by atoms with E-state index in [4.69, 9.17) is 5.11 Å². The van der Waals surface area contributed by atoms with Crippen molar-refractivity contribution in [3.8, 4) is 0 Å². The zero-order valence-corrected chi connectivity index (χ0v) is 11.2. The Balaban J connectivity index is 2.22. The fourth-order valence-corrected chi connectivity index (χ4v) is 2.22. The lowest BCUT2D eigenvalue weighted by Crippen LogP contribution is -2.42. The summed E-state index contributed by atoms with van der Waals surface area (Å²) in [6.45, 7) is 5.06. The molecule has 1 amide bonds. The Hall–Kier alpha value is -1.10. The number of hydrogen-bond acceptors (Lipinski definition) is 3. The van der Waals surface area contributed by atoms with Crippen molar-refractivity contribution in [3.63, 3.8) is 0 Å². The molecule has 2 unspecified atom stereocenters. The number of carboxylic acids is 1. The van der Waals surface area contributed by atoms with Crippen LogP contribution in [0.5, 0.6) is 0 Å². The zero-order valence-electron chi connectivity index (χ0n) is 11.2. The molecule has 5 heteroatoms. The molecular formula is C13H24N2O3. The topological polar surface area (TPSA) is 78.4 Å². The molecule has 0 radical (unpaired) electrons. The Morgan fingerprint density at radius 3 is 2.67 bits per heavy atom. The van der Waals surface area contributed by atoms with Gasteiger partial charge in [-0.05, 0) is 25.2 Å². The van der Waals surface area contributed by atoms with Crippen LogP contribution >= 0.6 is 0 Å². The van der Waals surface area contributed by atoms with E-state index in [1.807, 2.05) is 13.8 Å². The maximum absolute atomic E-state index is 11.5. The summed E-state index contributed by atoms with van der Waals surface area (Å²) in [5, 5.41) is 15.0. The first-order valence-electron chi connectivity index (χ1n) is 6.72. The number of carboxylic acid groups (broad SMARTS) is 1. The lowest BCUT2D eigenvalue weighted by molar-refractivity contribution is -0.143. The highest BCUT2D eigenvalue weighted by Gasteiger charge is 2.26. The fraction of sp³-hybridized carbons (Fsp3) is 0.846. The van der Waals surface area contributed by atoms with Crippen LogP contribution in [0.25, 0.3) is 0 Å². The molecule has 2 atom stereocenters. The lowest BCUT2D eigenvalue weighted by atomic mass is 9.86. The number of carbonyl (C=O) groups is 2. The maximum atomic E-state index is 11.5. The molecule has 0 spiro atoms. The average molecular weight is 256 g/mol. The maximum Gasteiger partial charge on any atom is 0.306 e. The highest BCUT2D eigenvalue weighted by molar-refractivity contribution is 5.78. The third kappa shape index (κ3) is 5.49. The van der Waals surface area contributed by atoms with Crippen LogP contribution in [0.1, 0.15) is 39.5 Å². The summed E-state index contributed by atoms with van der Waals surface area (Å²) in [5.74, 6) is -0.540. The summed E-state index contributed by atoms with van der Waals surface area (Å²) in [6, 6.07) is 0.157. The minimum atomic E-state index is -0.717. The van der Waals surface area contributed by atoms with Crippen LogP contribution in [0.15, 0.2) is 0 Å². The summed E-state index contributed by atoms with van der Waals surface area (Å²) in [5.41, 5.74) is 0. The molecule has 0 heterocycles. The number of aliphatic carboxylic acids is 1. The van der Waals surface area contributed by atoms with Gasteiger partial charge in [0, 0.05) is 12.6 Å². The molecule has 0 aromatic rings. The summed E-state index contributed by atoms with van der Waals surface area (Å²) >= 11 is 0. The Morgan fingerprint density at radius 2 is 2.06 bits per heavy atom. The smallest absolute Gasteiger partial charge is 0.306 e. The lowest BCUT2D eigenvalue weighted by Gasteiger charge is -2.27. The molecule has 0 aromatic carbocycles. The second kappa shape index (κ2) is 7.36. The minimum absolute atomic E-state index is 0.0128. The van der Waals surface area contributed by atoms with Crippen molar-refractivity contribution in [2.45, 2.75) is 45.6 Å². The number of amides is 1. The van der Waals surface area contributed by atoms with Crippen LogP contribution < -0.4 is 10.6 Å². The molecule has 1 saturated carbocycles. The van der Waals surface area contributed by atoms with Gasteiger partial charge in [-0.25, -0.2) is 0 Å². The van der Waals surface area contributed by atoms with E-state index in [0.717, 1.165) is 19.3 Å². The molecule has 0 saturated heterocycles. The van der Waals surface area contributed by atoms with Crippen molar-refractivity contribution in [1.82, 2.24) is 10.6 Å². The molecule has 3 N–H and O–H groups in total. The quantitative estimate of drug-likeness (QED) is 0.662. The molecule has 1 rings (SSSR count). The molecule has 18 heavy (non-hydrogen) atoms. The van der Waals surface area contributed by atoms with Gasteiger partial charge in [-0.15, -0.1) is 0 Å². The average Bonchev–Trinajstić information content (AvgIpc) is 2.34. The monoisotopic (exact) mass is 256 g/mol. The van der Waals surface area contributed by atoms with E-state index in [1.165, 1.54) is 0 Å². The van der Waals surface area contributed by atoms with Crippen molar-refractivity contribution < 1.29 is 14.7 Å². The third-order valence-electron chi connectivity index (χ3n) is 3.28. The first-order chi connectivity index (χ1) is 8.49. The molecule has 1 aliphatic carbocycles. The predicted octanol–water partition coefficient (Wildman–Crippen LogP) is 0.992. The Kier molecular flexibility index (Phi) is 6.12. The number of hydrogen-bond donors (Lipinski definition) is 3. The van der Waals surface area contributed by atoms with Gasteiger partial charge in [0.05, 0.1) is 12.5 Å². The van der Waals surface area contributed by atoms with E-state index >= 15 is 0 Å². The number of rotatable bonds is 6. The van der Waals surface area contributed by atoms with E-state index in [9.17, 15) is 9.59 Å². The second-order valence-electron chi connectivity index (χ2n) is 5.48. The van der Waals surface area contributed by atoms with Crippen LogP contribution in [0.4, 0.5) is 0 Å². The van der Waals surface area contributed by atoms with Crippen molar-refractivity contribution in [3.05, 3.63) is 0 Å². The van der Waals surface area contributed by atoms with Gasteiger partial charge in [0.25, 0.3) is 0 Å². The molecule has 104 valence electrons. The van der Waals surface area contributed by atoms with E-state index in [1.54, 1.807) is 0 Å². The third-order valence-corrected chi connectivity index (χ3v) is 3.28. The van der Waals surface area contributed by atoms with E-state index in [0.29, 0.717) is 18.9 Å². The van der Waals surface area contributed by atoms with Gasteiger partial charge >= 0.3 is 5.97 Å². The largest absolute Gasteiger partial charge is 0.481 e. The van der Waals surface area contributed by atoms with Gasteiger partial charge in [0.2, 0.25) is 5.91 Å². The van der Waals surface area contributed by atoms with Crippen LogP contribution in [-0.2, 0) is 9.59 Å². The highest BCUT2D eigenvalue weighted by atomic mass is 16.4. The van der Waals surface area contributed by atoms with Crippen LogP contribution in [0.3, 0.4) is 0 Å². The molecule has 1 aliphatic rings. The summed E-state index contributed by atoms with van der Waals surface area (Å²) in [7, 11) is 0. The van der Waals surface area contributed by atoms with E-state index in [-0.39, 0.29) is 24.4 Å². The van der Waals surface area contributed by atoms with Gasteiger partial charge in [0.15, 0.2) is 0 Å². The van der Waals surface area contributed by atoms with Gasteiger partial charge in [0.1, 0.15) is 0 Å². The van der Waals surface area contributed by atoms with Crippen molar-refractivity contribution in [2.24, 2.45) is 11.8 Å². The van der Waals surface area contributed by atoms with Crippen LogP contribution in [-0.4, -0.2) is 36.1 Å². The molecule has 0 aromatic heterocycles. The van der Waals surface area contributed by atoms with Crippen molar-refractivity contribution in [1.29, 1.82) is 0 Å². The SMILES string of the molecule is CC(C)CNC(=O)CNC1CCCC(C(=O)O)C1. The summed E-state index contributed by atoms with van der Waals surface area (Å²) in [4.78, 5) is 22.4. The molecule has 5 nitrogen and oxygen atoms in total. The summed E-state index contributed by atoms with van der Waals surface area (Å²) in [6.07, 6.45) is 3.27. The minimum Gasteiger partial charge on any atom is -0.481 e. The molecule has 0 aliphatic heterocycles. The van der Waals surface area contributed by atoms with Crippen LogP contribution in [0.2, 0.25) is 0 Å². The Bertz CT molecular complexity index is 292. The summed E-state index contributed by atoms with van der Waals surface area (Å²) < 4.78 is 0. The van der Waals surface area contributed by atoms with Gasteiger partial charge in [-0.3, -0.25) is 9.59 Å². The Morgan fingerprint density at radius 1 is 1.33 bits per heavy atom. The number of carbonyl (C=O) groups excluding carboxylic acids is 1. The molecular weight excluding hydrogens is 232 g/mol. The molecule has 0 bridgehead atoms. The highest BCUT2D eigenvalue weighted by Crippen LogP contribution is 2.24. The first kappa shape index (κ1) is 15.0. The zero-order chi connectivity index (χ0) is 13.5. The number of nitrogens with one attached hydrogen (secondary N) is 2. The predicted molar refractivity (Wildman–Crippen MR) is 69.2 cm³/mol. The normalized spacial score (nSPS) is 23.9. The van der Waals surface area contributed by atoms with Crippen molar-refractivity contribution in [2.75, 3.05) is 13.1 Å². The standard InChI is InChI=1S/C13H24N2O3/c1-9(2)7-15-12(16)8-14-11-5-3-4-10(6-11)13(17)18/h9-11,14H,3-8H2,1-2H3,(H,15,16)(H,17,18). The molecule has 1 fully saturated rings. The second-order valence-corrected chi connectivity index (χ2v) is 5.48. The van der Waals surface area contributed by atoms with Crippen molar-refractivity contribution >= 4 is 11.9 Å². The van der Waals surface area contributed by atoms with Gasteiger partial charge in [-0.1, -0.05) is 20.3 Å². The van der Waals surface area contributed by atoms with Gasteiger partial charge in [-0.2, -0.15) is 0 Å². The first-order valence-corrected chi connectivity index (χ1v) is 6.72. The Labute approximate surface area is 108 Å². The van der Waals surface area contributed by atoms with Gasteiger partial charge < -0.3 is 15.7 Å². The van der Waals surface area contributed by atoms with E-state index < -0.39 is 5.97 Å². The fourth-order valence-electron chi connectivity index (χ4n) is 2.22. The van der Waals surface area contributed by atoms with E-state index in [2.05, 4.69) is 10.6 Å².